The Morgan fingerprint density at radius 3 is 1.32 bits per heavy atom. The average molecular weight is 444 g/mol. The van der Waals surface area contributed by atoms with Gasteiger partial charge in [-0.1, -0.05) is 96.2 Å². The number of benzene rings is 3. The second-order valence-electron chi connectivity index (χ2n) is 5.39. The molecule has 0 spiro atoms. The predicted octanol–water partition coefficient (Wildman–Crippen LogP) is 3.96. The van der Waals surface area contributed by atoms with Crippen LogP contribution in [0.2, 0.25) is 0 Å². The highest BCUT2D eigenvalue weighted by Crippen LogP contribution is 2.14. The van der Waals surface area contributed by atoms with Gasteiger partial charge in [0, 0.05) is 0 Å². The third-order valence-corrected chi connectivity index (χ3v) is 10.4. The van der Waals surface area contributed by atoms with Crippen LogP contribution in [-0.2, 0) is 0 Å². The predicted molar refractivity (Wildman–Crippen MR) is 120 cm³/mol. The number of halogens is 4. The van der Waals surface area contributed by atoms with Crippen LogP contribution in [0.25, 0.3) is 0 Å². The smallest absolute Gasteiger partial charge is 0.134 e. The maximum absolute atomic E-state index is 6.49. The molecule has 0 atom stereocenters. The van der Waals surface area contributed by atoms with Crippen molar-refractivity contribution in [1.29, 1.82) is 0 Å². The lowest BCUT2D eigenvalue weighted by atomic mass is 10.4. The Labute approximate surface area is 171 Å². The van der Waals surface area contributed by atoms with Crippen molar-refractivity contribution in [2.75, 3.05) is 0 Å². The van der Waals surface area contributed by atoms with Crippen LogP contribution in [0.5, 0.6) is 0 Å². The molecule has 3 rings (SSSR count). The van der Waals surface area contributed by atoms with Crippen LogP contribution in [0, 0.1) is 0 Å². The van der Waals surface area contributed by atoms with Crippen molar-refractivity contribution >= 4 is 77.1 Å². The summed E-state index contributed by atoms with van der Waals surface area (Å²) in [5, 5.41) is 3.37. The van der Waals surface area contributed by atoms with Crippen LogP contribution in [0.3, 0.4) is 0 Å². The average Bonchev–Trinajstić information content (AvgIpc) is 2.64. The Balaban J connectivity index is 0.000000196. The summed E-state index contributed by atoms with van der Waals surface area (Å²) in [6.07, 6.45) is 0. The van der Waals surface area contributed by atoms with Crippen molar-refractivity contribution in [2.24, 2.45) is 0 Å². The molecule has 0 heterocycles. The summed E-state index contributed by atoms with van der Waals surface area (Å²) in [6, 6.07) is 29.9. The zero-order chi connectivity index (χ0) is 18.1. The summed E-state index contributed by atoms with van der Waals surface area (Å²) in [7, 11) is -0.446. The largest absolute Gasteiger partial charge is 0.310 e. The summed E-state index contributed by atoms with van der Waals surface area (Å²) in [4.78, 5) is 0. The molecule has 130 valence electrons. The SMILES string of the molecule is ClC(Cl)[SiH2]c1ccccc1.Cl[Si](Cl)(c1ccccc1)c1ccccc1. The van der Waals surface area contributed by atoms with Crippen molar-refractivity contribution in [1.82, 2.24) is 0 Å². The summed E-state index contributed by atoms with van der Waals surface area (Å²) in [5.41, 5.74) is 0. The number of rotatable bonds is 4. The van der Waals surface area contributed by atoms with Gasteiger partial charge in [0.15, 0.2) is 0 Å². The van der Waals surface area contributed by atoms with Gasteiger partial charge in [0.2, 0.25) is 0 Å². The van der Waals surface area contributed by atoms with Gasteiger partial charge in [-0.05, 0) is 10.4 Å². The van der Waals surface area contributed by atoms with Crippen LogP contribution in [-0.4, -0.2) is 20.7 Å². The number of hydrogen-bond acceptors (Lipinski definition) is 0. The normalized spacial score (nSPS) is 11.4. The van der Waals surface area contributed by atoms with Gasteiger partial charge < -0.3 is 0 Å². The second-order valence-corrected chi connectivity index (χ2v) is 16.0. The molecule has 0 radical (unpaired) electrons. The first kappa shape index (κ1) is 20.6. The van der Waals surface area contributed by atoms with Gasteiger partial charge >= 0.3 is 6.69 Å². The van der Waals surface area contributed by atoms with Crippen molar-refractivity contribution in [3.63, 3.8) is 0 Å². The molecule has 0 aliphatic heterocycles. The quantitative estimate of drug-likeness (QED) is 0.325. The molecular formula is C19H18Cl4Si2. The maximum Gasteiger partial charge on any atom is 0.310 e. The standard InChI is InChI=1S/C12H10Cl2Si.C7H8Cl2Si/c13-15(14,11-7-3-1-4-8-11)12-9-5-2-6-10-12;8-7(9)10-6-4-2-1-3-5-6/h1-10H;1-5,7H,10H2. The first-order chi connectivity index (χ1) is 12.0. The van der Waals surface area contributed by atoms with Crippen LogP contribution < -0.4 is 15.6 Å². The van der Waals surface area contributed by atoms with E-state index >= 15 is 0 Å². The van der Waals surface area contributed by atoms with Gasteiger partial charge in [0.05, 0.1) is 14.0 Å². The fourth-order valence-electron chi connectivity index (χ4n) is 2.25. The lowest BCUT2D eigenvalue weighted by Crippen LogP contribution is -2.48. The van der Waals surface area contributed by atoms with Gasteiger partial charge in [0.1, 0.15) is 0 Å². The monoisotopic (exact) mass is 442 g/mol. The molecular weight excluding hydrogens is 426 g/mol. The molecule has 0 aromatic heterocycles. The molecule has 0 amide bonds. The summed E-state index contributed by atoms with van der Waals surface area (Å²) in [5.74, 6) is 0. The third-order valence-electron chi connectivity index (χ3n) is 3.51. The molecule has 0 aliphatic rings. The van der Waals surface area contributed by atoms with Gasteiger partial charge in [-0.25, -0.2) is 0 Å². The molecule has 0 unspecified atom stereocenters. The fraction of sp³-hybridized carbons (Fsp3) is 0.0526. The Morgan fingerprint density at radius 2 is 0.960 bits per heavy atom. The Morgan fingerprint density at radius 1 is 0.600 bits per heavy atom. The minimum Gasteiger partial charge on any atom is -0.134 e. The first-order valence-electron chi connectivity index (χ1n) is 7.81. The lowest BCUT2D eigenvalue weighted by Gasteiger charge is -2.17. The summed E-state index contributed by atoms with van der Waals surface area (Å²) in [6.45, 7) is -2.51. The van der Waals surface area contributed by atoms with Crippen molar-refractivity contribution in [3.8, 4) is 0 Å². The van der Waals surface area contributed by atoms with E-state index in [0.29, 0.717) is 0 Å². The van der Waals surface area contributed by atoms with Gasteiger partial charge in [-0.3, -0.25) is 0 Å². The number of alkyl halides is 2. The van der Waals surface area contributed by atoms with E-state index in [2.05, 4.69) is 12.1 Å². The van der Waals surface area contributed by atoms with Crippen molar-refractivity contribution < 1.29 is 0 Å². The van der Waals surface area contributed by atoms with Crippen LogP contribution in [0.1, 0.15) is 0 Å². The molecule has 25 heavy (non-hydrogen) atoms. The third kappa shape index (κ3) is 6.82. The Kier molecular flexibility index (Phi) is 8.57. The van der Waals surface area contributed by atoms with Crippen LogP contribution in [0.15, 0.2) is 91.0 Å². The highest BCUT2D eigenvalue weighted by molar-refractivity contribution is 7.56. The van der Waals surface area contributed by atoms with E-state index in [0.717, 1.165) is 10.4 Å². The molecule has 3 aromatic carbocycles. The van der Waals surface area contributed by atoms with Gasteiger partial charge in [0.25, 0.3) is 0 Å². The molecule has 0 saturated carbocycles. The molecule has 0 saturated heterocycles. The molecule has 0 N–H and O–H groups in total. The molecule has 3 aromatic rings. The first-order valence-corrected chi connectivity index (χ1v) is 14.2. The van der Waals surface area contributed by atoms with E-state index in [1.54, 1.807) is 0 Å². The van der Waals surface area contributed by atoms with Crippen molar-refractivity contribution in [3.05, 3.63) is 91.0 Å². The lowest BCUT2D eigenvalue weighted by molar-refractivity contribution is 1.74. The number of hydrogen-bond donors (Lipinski definition) is 0. The van der Waals surface area contributed by atoms with Gasteiger partial charge in [-0.15, -0.1) is 45.4 Å². The highest BCUT2D eigenvalue weighted by atomic mass is 35.7. The molecule has 0 nitrogen and oxygen atoms in total. The molecule has 6 heteroatoms. The molecule has 0 bridgehead atoms. The van der Waals surface area contributed by atoms with E-state index in [4.69, 9.17) is 45.4 Å². The topological polar surface area (TPSA) is 0 Å². The highest BCUT2D eigenvalue weighted by Gasteiger charge is 2.32. The minimum absolute atomic E-state index is 0.151. The minimum atomic E-state index is -2.51. The zero-order valence-electron chi connectivity index (χ0n) is 13.5. The van der Waals surface area contributed by atoms with E-state index in [1.807, 2.05) is 78.9 Å². The summed E-state index contributed by atoms with van der Waals surface area (Å²) >= 11 is 24.3. The Hall–Kier alpha value is -0.746. The van der Waals surface area contributed by atoms with Crippen LogP contribution in [0.4, 0.5) is 0 Å². The van der Waals surface area contributed by atoms with Crippen LogP contribution >= 0.6 is 45.4 Å². The molecule has 0 aliphatic carbocycles. The Bertz CT molecular complexity index is 694. The summed E-state index contributed by atoms with van der Waals surface area (Å²) < 4.78 is -0.151. The van der Waals surface area contributed by atoms with E-state index in [9.17, 15) is 0 Å². The van der Waals surface area contributed by atoms with Gasteiger partial charge in [-0.2, -0.15) is 0 Å². The van der Waals surface area contributed by atoms with E-state index in [1.165, 1.54) is 5.19 Å². The maximum atomic E-state index is 6.49. The van der Waals surface area contributed by atoms with E-state index < -0.39 is 16.2 Å². The second kappa shape index (κ2) is 10.4. The van der Waals surface area contributed by atoms with E-state index in [-0.39, 0.29) is 4.46 Å². The molecule has 0 fully saturated rings. The zero-order valence-corrected chi connectivity index (χ0v) is 18.9. The van der Waals surface area contributed by atoms with Crippen molar-refractivity contribution in [2.45, 2.75) is 4.46 Å². The fourth-order valence-corrected chi connectivity index (χ4v) is 7.29.